The highest BCUT2D eigenvalue weighted by molar-refractivity contribution is 6.35. The average Bonchev–Trinajstić information content (AvgIpc) is 2.33. The fraction of sp³-hybridized carbons (Fsp3) is 0. The number of pyridine rings is 2. The molecule has 2 aromatic heterocycles. The van der Waals surface area contributed by atoms with Crippen LogP contribution < -0.4 is 5.43 Å². The van der Waals surface area contributed by atoms with E-state index >= 15 is 0 Å². The van der Waals surface area contributed by atoms with Crippen LogP contribution in [0.5, 0.6) is 0 Å². The third kappa shape index (κ3) is 3.41. The van der Waals surface area contributed by atoms with Gasteiger partial charge in [0.1, 0.15) is 0 Å². The summed E-state index contributed by atoms with van der Waals surface area (Å²) >= 11 is 11.6. The summed E-state index contributed by atoms with van der Waals surface area (Å²) in [5, 5.41) is 4.92. The molecule has 0 spiro atoms. The highest BCUT2D eigenvalue weighted by Gasteiger charge is 2.00. The summed E-state index contributed by atoms with van der Waals surface area (Å²) in [6.45, 7) is 0. The van der Waals surface area contributed by atoms with Crippen molar-refractivity contribution in [2.45, 2.75) is 0 Å². The molecule has 17 heavy (non-hydrogen) atoms. The number of anilines is 1. The Morgan fingerprint density at radius 1 is 1.24 bits per heavy atom. The molecule has 2 aromatic rings. The number of hydrazone groups is 1. The predicted molar refractivity (Wildman–Crippen MR) is 69.7 cm³/mol. The lowest BCUT2D eigenvalue weighted by atomic mass is 10.3. The van der Waals surface area contributed by atoms with Crippen molar-refractivity contribution in [2.24, 2.45) is 5.10 Å². The summed E-state index contributed by atoms with van der Waals surface area (Å²) in [5.41, 5.74) is 3.66. The normalized spacial score (nSPS) is 10.7. The average molecular weight is 267 g/mol. The van der Waals surface area contributed by atoms with E-state index in [0.717, 1.165) is 5.56 Å². The molecule has 0 fully saturated rings. The summed E-state index contributed by atoms with van der Waals surface area (Å²) in [4.78, 5) is 7.91. The van der Waals surface area contributed by atoms with Crippen LogP contribution in [0.3, 0.4) is 0 Å². The van der Waals surface area contributed by atoms with Crippen molar-refractivity contribution < 1.29 is 0 Å². The van der Waals surface area contributed by atoms with Crippen LogP contribution in [0, 0.1) is 0 Å². The second kappa shape index (κ2) is 5.61. The van der Waals surface area contributed by atoms with Gasteiger partial charge in [0.15, 0.2) is 5.82 Å². The number of aromatic nitrogens is 2. The monoisotopic (exact) mass is 266 g/mol. The molecule has 0 atom stereocenters. The first-order chi connectivity index (χ1) is 8.25. The lowest BCUT2D eigenvalue weighted by Crippen LogP contribution is -1.94. The van der Waals surface area contributed by atoms with Gasteiger partial charge in [0.05, 0.1) is 16.3 Å². The van der Waals surface area contributed by atoms with Gasteiger partial charge in [-0.3, -0.25) is 10.4 Å². The first-order valence-electron chi connectivity index (χ1n) is 4.76. The number of halogens is 2. The van der Waals surface area contributed by atoms with Gasteiger partial charge < -0.3 is 0 Å². The Morgan fingerprint density at radius 3 is 2.71 bits per heavy atom. The maximum Gasteiger partial charge on any atom is 0.165 e. The molecule has 2 heterocycles. The summed E-state index contributed by atoms with van der Waals surface area (Å²) < 4.78 is 0. The molecule has 4 nitrogen and oxygen atoms in total. The van der Waals surface area contributed by atoms with Crippen molar-refractivity contribution in [3.05, 3.63) is 52.4 Å². The van der Waals surface area contributed by atoms with Gasteiger partial charge in [-0.15, -0.1) is 0 Å². The van der Waals surface area contributed by atoms with Crippen LogP contribution >= 0.6 is 23.2 Å². The molecular weight excluding hydrogens is 259 g/mol. The molecule has 0 aromatic carbocycles. The highest BCUT2D eigenvalue weighted by atomic mass is 35.5. The molecule has 0 saturated heterocycles. The Hall–Kier alpha value is -1.65. The predicted octanol–water partition coefficient (Wildman–Crippen LogP) is 3.23. The van der Waals surface area contributed by atoms with E-state index in [9.17, 15) is 0 Å². The van der Waals surface area contributed by atoms with Gasteiger partial charge in [0.25, 0.3) is 0 Å². The van der Waals surface area contributed by atoms with Gasteiger partial charge >= 0.3 is 0 Å². The minimum Gasteiger partial charge on any atom is -0.265 e. The van der Waals surface area contributed by atoms with E-state index < -0.39 is 0 Å². The summed E-state index contributed by atoms with van der Waals surface area (Å²) in [7, 11) is 0. The number of nitrogens with zero attached hydrogens (tertiary/aromatic N) is 3. The van der Waals surface area contributed by atoms with E-state index in [1.807, 2.05) is 12.1 Å². The first-order valence-corrected chi connectivity index (χ1v) is 5.51. The molecule has 0 amide bonds. The Morgan fingerprint density at radius 2 is 2.00 bits per heavy atom. The van der Waals surface area contributed by atoms with Crippen molar-refractivity contribution in [1.82, 2.24) is 9.97 Å². The van der Waals surface area contributed by atoms with Gasteiger partial charge in [-0.05, 0) is 23.8 Å². The van der Waals surface area contributed by atoms with Crippen LogP contribution in [0.25, 0.3) is 0 Å². The van der Waals surface area contributed by atoms with Gasteiger partial charge in [-0.1, -0.05) is 23.2 Å². The van der Waals surface area contributed by atoms with E-state index in [2.05, 4.69) is 20.5 Å². The molecule has 0 aliphatic rings. The maximum atomic E-state index is 5.92. The minimum absolute atomic E-state index is 0.421. The molecule has 0 unspecified atom stereocenters. The van der Waals surface area contributed by atoms with Crippen molar-refractivity contribution in [2.75, 3.05) is 5.43 Å². The number of nitrogens with one attached hydrogen (secondary N) is 1. The minimum atomic E-state index is 0.421. The third-order valence-electron chi connectivity index (χ3n) is 1.90. The summed E-state index contributed by atoms with van der Waals surface area (Å²) in [5.74, 6) is 0.460. The molecule has 0 aliphatic carbocycles. The Labute approximate surface area is 108 Å². The van der Waals surface area contributed by atoms with Crippen LogP contribution in [0.15, 0.2) is 41.9 Å². The zero-order valence-electron chi connectivity index (χ0n) is 8.64. The Balaban J connectivity index is 2.05. The summed E-state index contributed by atoms with van der Waals surface area (Å²) in [6.07, 6.45) is 6.52. The first kappa shape index (κ1) is 11.8. The number of hydrogen-bond donors (Lipinski definition) is 1. The van der Waals surface area contributed by atoms with Crippen LogP contribution in [-0.4, -0.2) is 16.2 Å². The number of rotatable bonds is 3. The van der Waals surface area contributed by atoms with Gasteiger partial charge in [-0.25, -0.2) is 4.98 Å². The fourth-order valence-electron chi connectivity index (χ4n) is 1.11. The fourth-order valence-corrected chi connectivity index (χ4v) is 1.54. The number of hydrogen-bond acceptors (Lipinski definition) is 4. The quantitative estimate of drug-likeness (QED) is 0.686. The van der Waals surface area contributed by atoms with E-state index in [0.29, 0.717) is 15.9 Å². The third-order valence-corrected chi connectivity index (χ3v) is 2.39. The van der Waals surface area contributed by atoms with Crippen LogP contribution in [0.2, 0.25) is 10.0 Å². The standard InChI is InChI=1S/C11H8Cl2N4/c12-9-5-10(13)11(15-7-9)17-16-6-8-1-3-14-4-2-8/h1-7H,(H,15,17)/b16-6+. The van der Waals surface area contributed by atoms with Crippen LogP contribution in [-0.2, 0) is 0 Å². The van der Waals surface area contributed by atoms with E-state index in [4.69, 9.17) is 23.2 Å². The Kier molecular flexibility index (Phi) is 3.90. The van der Waals surface area contributed by atoms with Crippen molar-refractivity contribution in [3.63, 3.8) is 0 Å². The smallest absolute Gasteiger partial charge is 0.165 e. The zero-order chi connectivity index (χ0) is 12.1. The van der Waals surface area contributed by atoms with Crippen LogP contribution in [0.4, 0.5) is 5.82 Å². The van der Waals surface area contributed by atoms with Gasteiger partial charge in [0, 0.05) is 18.6 Å². The lowest BCUT2D eigenvalue weighted by Gasteiger charge is -2.01. The molecule has 1 N–H and O–H groups in total. The second-order valence-corrected chi connectivity index (χ2v) is 3.98. The van der Waals surface area contributed by atoms with E-state index in [1.165, 1.54) is 6.20 Å². The Bertz CT molecular complexity index is 528. The SMILES string of the molecule is Clc1cnc(N/N=C/c2ccncc2)c(Cl)c1. The van der Waals surface area contributed by atoms with E-state index in [-0.39, 0.29) is 0 Å². The maximum absolute atomic E-state index is 5.92. The topological polar surface area (TPSA) is 50.2 Å². The molecule has 0 radical (unpaired) electrons. The second-order valence-electron chi connectivity index (χ2n) is 3.13. The molecule has 0 bridgehead atoms. The molecule has 86 valence electrons. The van der Waals surface area contributed by atoms with Crippen molar-refractivity contribution in [3.8, 4) is 0 Å². The highest BCUT2D eigenvalue weighted by Crippen LogP contribution is 2.22. The lowest BCUT2D eigenvalue weighted by molar-refractivity contribution is 1.23. The van der Waals surface area contributed by atoms with Gasteiger partial charge in [-0.2, -0.15) is 5.10 Å². The van der Waals surface area contributed by atoms with E-state index in [1.54, 1.807) is 24.7 Å². The molecule has 2 rings (SSSR count). The molecule has 0 saturated carbocycles. The van der Waals surface area contributed by atoms with Crippen molar-refractivity contribution >= 4 is 35.2 Å². The zero-order valence-corrected chi connectivity index (χ0v) is 10.2. The summed E-state index contributed by atoms with van der Waals surface area (Å²) in [6, 6.07) is 5.27. The van der Waals surface area contributed by atoms with Gasteiger partial charge in [0.2, 0.25) is 0 Å². The molecule has 6 heteroatoms. The van der Waals surface area contributed by atoms with Crippen LogP contribution in [0.1, 0.15) is 5.56 Å². The van der Waals surface area contributed by atoms with Crippen molar-refractivity contribution in [1.29, 1.82) is 0 Å². The largest absolute Gasteiger partial charge is 0.265 e. The molecule has 0 aliphatic heterocycles. The molecular formula is C11H8Cl2N4.